The lowest BCUT2D eigenvalue weighted by Gasteiger charge is -2.26. The van der Waals surface area contributed by atoms with E-state index in [1.807, 2.05) is 42.2 Å². The third-order valence-electron chi connectivity index (χ3n) is 7.71. The van der Waals surface area contributed by atoms with Gasteiger partial charge in [0.1, 0.15) is 5.82 Å². The zero-order chi connectivity index (χ0) is 28.8. The Kier molecular flexibility index (Phi) is 7.66. The van der Waals surface area contributed by atoms with Crippen LogP contribution >= 0.6 is 11.6 Å². The van der Waals surface area contributed by atoms with Gasteiger partial charge in [-0.05, 0) is 56.1 Å². The Labute approximate surface area is 240 Å². The number of nitrogens with two attached hydrogens (primary N) is 1. The van der Waals surface area contributed by atoms with Crippen molar-refractivity contribution >= 4 is 39.0 Å². The molecule has 3 aromatic rings. The fourth-order valence-electron chi connectivity index (χ4n) is 4.74. The van der Waals surface area contributed by atoms with Gasteiger partial charge in [-0.1, -0.05) is 48.9 Å². The van der Waals surface area contributed by atoms with E-state index < -0.39 is 15.6 Å². The smallest absolute Gasteiger partial charge is 0.249 e. The van der Waals surface area contributed by atoms with Crippen LogP contribution in [0.4, 0.5) is 11.6 Å². The third-order valence-corrected chi connectivity index (χ3v) is 9.26. The summed E-state index contributed by atoms with van der Waals surface area (Å²) in [7, 11) is -2.32. The van der Waals surface area contributed by atoms with Gasteiger partial charge in [0, 0.05) is 19.5 Å². The molecular weight excluding hydrogens is 552 g/mol. The molecule has 2 saturated carbocycles. The van der Waals surface area contributed by atoms with E-state index in [1.54, 1.807) is 6.07 Å². The number of hydrogen-bond donors (Lipinski definition) is 1. The Balaban J connectivity index is 1.55. The van der Waals surface area contributed by atoms with E-state index in [2.05, 4.69) is 22.1 Å². The van der Waals surface area contributed by atoms with Gasteiger partial charge in [-0.25, -0.2) is 13.4 Å². The molecule has 0 spiro atoms. The minimum Gasteiger partial charge on any atom is -0.419 e. The first-order chi connectivity index (χ1) is 18.8. The van der Waals surface area contributed by atoms with Crippen LogP contribution in [0.2, 0.25) is 5.02 Å². The number of ketones is 1. The summed E-state index contributed by atoms with van der Waals surface area (Å²) in [5.41, 5.74) is 6.97. The summed E-state index contributed by atoms with van der Waals surface area (Å²) < 4.78 is 32.1. The molecule has 214 valence electrons. The van der Waals surface area contributed by atoms with E-state index >= 15 is 0 Å². The van der Waals surface area contributed by atoms with Crippen molar-refractivity contribution in [2.24, 2.45) is 23.5 Å². The number of carbonyl (C=O) groups is 1. The molecule has 2 aliphatic rings. The van der Waals surface area contributed by atoms with Crippen molar-refractivity contribution in [1.29, 1.82) is 0 Å². The Hall–Kier alpha value is -3.02. The SMILES string of the molecule is CC1CC1CN(CC(=O)C1CC1)c1cc(-c2nnc([C@@](C)(N)Cc3ccccc3)o2)c(Cl)c(N(C)S(C)(=O)=O)n1. The van der Waals surface area contributed by atoms with Crippen molar-refractivity contribution in [3.8, 4) is 11.5 Å². The average Bonchev–Trinajstić information content (AvgIpc) is 3.81. The summed E-state index contributed by atoms with van der Waals surface area (Å²) in [4.78, 5) is 19.5. The minimum atomic E-state index is -3.70. The van der Waals surface area contributed by atoms with Crippen LogP contribution < -0.4 is 14.9 Å². The van der Waals surface area contributed by atoms with Crippen molar-refractivity contribution in [2.45, 2.75) is 45.1 Å². The lowest BCUT2D eigenvalue weighted by Crippen LogP contribution is -2.35. The van der Waals surface area contributed by atoms with Gasteiger partial charge >= 0.3 is 0 Å². The zero-order valence-electron chi connectivity index (χ0n) is 23.2. The van der Waals surface area contributed by atoms with Gasteiger partial charge in [0.05, 0.1) is 28.9 Å². The van der Waals surface area contributed by atoms with Crippen LogP contribution in [-0.2, 0) is 26.8 Å². The molecule has 3 atom stereocenters. The van der Waals surface area contributed by atoms with Crippen LogP contribution in [0.5, 0.6) is 0 Å². The molecule has 2 aliphatic carbocycles. The fraction of sp³-hybridized carbons (Fsp3) is 0.500. The maximum Gasteiger partial charge on any atom is 0.249 e. The van der Waals surface area contributed by atoms with Crippen LogP contribution in [0.1, 0.15) is 44.6 Å². The number of anilines is 2. The molecule has 2 fully saturated rings. The maximum atomic E-state index is 12.9. The molecule has 0 saturated heterocycles. The van der Waals surface area contributed by atoms with E-state index in [1.165, 1.54) is 7.05 Å². The van der Waals surface area contributed by atoms with Crippen LogP contribution in [0.25, 0.3) is 11.5 Å². The van der Waals surface area contributed by atoms with Crippen LogP contribution in [-0.4, -0.2) is 55.8 Å². The predicted octanol–water partition coefficient (Wildman–Crippen LogP) is 4.04. The van der Waals surface area contributed by atoms with E-state index in [-0.39, 0.29) is 40.9 Å². The van der Waals surface area contributed by atoms with Gasteiger partial charge in [0.15, 0.2) is 11.6 Å². The molecule has 2 unspecified atom stereocenters. The number of Topliss-reactive ketones (excluding diaryl/α,β-unsaturated/α-hetero) is 1. The van der Waals surface area contributed by atoms with E-state index in [0.717, 1.165) is 35.4 Å². The number of rotatable bonds is 12. The van der Waals surface area contributed by atoms with Gasteiger partial charge in [0.25, 0.3) is 0 Å². The highest BCUT2D eigenvalue weighted by atomic mass is 35.5. The monoisotopic (exact) mass is 586 g/mol. The molecule has 1 aromatic carbocycles. The molecule has 0 radical (unpaired) electrons. The molecule has 5 rings (SSSR count). The summed E-state index contributed by atoms with van der Waals surface area (Å²) in [6, 6.07) is 11.4. The van der Waals surface area contributed by atoms with Gasteiger partial charge in [0.2, 0.25) is 21.8 Å². The van der Waals surface area contributed by atoms with E-state index in [4.69, 9.17) is 21.8 Å². The third kappa shape index (κ3) is 6.31. The van der Waals surface area contributed by atoms with Crippen molar-refractivity contribution in [3.63, 3.8) is 0 Å². The topological polar surface area (TPSA) is 136 Å². The van der Waals surface area contributed by atoms with Crippen LogP contribution in [0.3, 0.4) is 0 Å². The number of benzene rings is 1. The van der Waals surface area contributed by atoms with E-state index in [9.17, 15) is 13.2 Å². The summed E-state index contributed by atoms with van der Waals surface area (Å²) in [5.74, 6) is 1.96. The predicted molar refractivity (Wildman–Crippen MR) is 155 cm³/mol. The summed E-state index contributed by atoms with van der Waals surface area (Å²) in [5, 5.41) is 8.51. The van der Waals surface area contributed by atoms with Gasteiger partial charge in [-0.3, -0.25) is 9.10 Å². The number of pyridine rings is 1. The summed E-state index contributed by atoms with van der Waals surface area (Å²) in [6.45, 7) is 4.80. The lowest BCUT2D eigenvalue weighted by molar-refractivity contribution is -0.118. The van der Waals surface area contributed by atoms with Gasteiger partial charge in [-0.15, -0.1) is 10.2 Å². The summed E-state index contributed by atoms with van der Waals surface area (Å²) >= 11 is 6.77. The van der Waals surface area contributed by atoms with Crippen molar-refractivity contribution in [1.82, 2.24) is 15.2 Å². The summed E-state index contributed by atoms with van der Waals surface area (Å²) in [6.07, 6.45) is 4.41. The molecule has 0 bridgehead atoms. The highest BCUT2D eigenvalue weighted by Crippen LogP contribution is 2.42. The highest BCUT2D eigenvalue weighted by Gasteiger charge is 2.38. The second-order valence-electron chi connectivity index (χ2n) is 11.5. The van der Waals surface area contributed by atoms with Gasteiger partial charge in [-0.2, -0.15) is 0 Å². The zero-order valence-corrected chi connectivity index (χ0v) is 24.7. The van der Waals surface area contributed by atoms with Gasteiger partial charge < -0.3 is 15.1 Å². The average molecular weight is 587 g/mol. The molecule has 10 nitrogen and oxygen atoms in total. The van der Waals surface area contributed by atoms with Crippen molar-refractivity contribution in [3.05, 3.63) is 52.9 Å². The lowest BCUT2D eigenvalue weighted by atomic mass is 9.94. The molecule has 2 heterocycles. The molecule has 2 N–H and O–H groups in total. The second kappa shape index (κ2) is 10.8. The number of hydrogen-bond acceptors (Lipinski definition) is 9. The van der Waals surface area contributed by atoms with Crippen molar-refractivity contribution in [2.75, 3.05) is 35.6 Å². The molecule has 0 aliphatic heterocycles. The number of sulfonamides is 1. The van der Waals surface area contributed by atoms with Crippen LogP contribution in [0, 0.1) is 17.8 Å². The Morgan fingerprint density at radius 2 is 1.90 bits per heavy atom. The van der Waals surface area contributed by atoms with E-state index in [0.29, 0.717) is 36.2 Å². The largest absolute Gasteiger partial charge is 0.419 e. The Morgan fingerprint density at radius 3 is 2.50 bits per heavy atom. The number of aromatic nitrogens is 3. The first-order valence-corrected chi connectivity index (χ1v) is 15.7. The molecule has 2 aromatic heterocycles. The quantitative estimate of drug-likeness (QED) is 0.333. The Bertz CT molecular complexity index is 1510. The van der Waals surface area contributed by atoms with Crippen LogP contribution in [0.15, 0.2) is 40.8 Å². The second-order valence-corrected chi connectivity index (χ2v) is 13.9. The molecule has 40 heavy (non-hydrogen) atoms. The first-order valence-electron chi connectivity index (χ1n) is 13.4. The molecule has 12 heteroatoms. The molecular formula is C28H35ClN6O4S. The fourth-order valence-corrected chi connectivity index (χ4v) is 5.54. The van der Waals surface area contributed by atoms with Crippen molar-refractivity contribution < 1.29 is 17.6 Å². The number of nitrogens with zero attached hydrogens (tertiary/aromatic N) is 5. The maximum absolute atomic E-state index is 12.9. The Morgan fingerprint density at radius 1 is 1.23 bits per heavy atom. The normalized spacial score (nSPS) is 20.1. The first kappa shape index (κ1) is 28.5. The number of halogens is 1. The molecule has 0 amide bonds. The standard InChI is InChI=1S/C28H35ClN6O4S/c1-17-12-20(17)15-35(16-22(36)19-10-11-19)23-13-21(24(29)25(31-23)34(3)40(4,37)38)26-32-33-27(39-26)28(2,30)14-18-8-6-5-7-9-18/h5-9,13,17,19-20H,10-12,14-16,30H2,1-4H3/t17?,20?,28-/m0/s1. The minimum absolute atomic E-state index is 0.0175. The number of carbonyl (C=O) groups excluding carboxylic acids is 1. The highest BCUT2D eigenvalue weighted by molar-refractivity contribution is 7.92.